The van der Waals surface area contributed by atoms with Crippen LogP contribution in [0.3, 0.4) is 0 Å². The van der Waals surface area contributed by atoms with Crippen molar-refractivity contribution in [3.8, 4) is 0 Å². The smallest absolute Gasteiger partial charge is 0.110 e. The molecule has 0 spiro atoms. The Bertz CT molecular complexity index is 400. The summed E-state index contributed by atoms with van der Waals surface area (Å²) in [6.07, 6.45) is 0. The highest BCUT2D eigenvalue weighted by Gasteiger charge is 2.17. The maximum absolute atomic E-state index is 2.39. The maximum Gasteiger partial charge on any atom is 0.184 e. The summed E-state index contributed by atoms with van der Waals surface area (Å²) >= 11 is 0. The van der Waals surface area contributed by atoms with E-state index in [-0.39, 0.29) is 0 Å². The van der Waals surface area contributed by atoms with E-state index in [1.54, 1.807) is 0 Å². The third-order valence-electron chi connectivity index (χ3n) is 3.28. The van der Waals surface area contributed by atoms with Crippen molar-refractivity contribution in [1.29, 1.82) is 0 Å². The molecule has 0 radical (unpaired) electrons. The Labute approximate surface area is 93.6 Å². The summed E-state index contributed by atoms with van der Waals surface area (Å²) in [6, 6.07) is 6.97. The summed E-state index contributed by atoms with van der Waals surface area (Å²) in [5.74, 6) is 3.66. The highest BCUT2D eigenvalue weighted by Crippen LogP contribution is 2.27. The Balaban J connectivity index is 2.43. The lowest BCUT2D eigenvalue weighted by atomic mass is 9.73. The van der Waals surface area contributed by atoms with Gasteiger partial charge < -0.3 is 0 Å². The molecule has 0 N–H and O–H groups in total. The van der Waals surface area contributed by atoms with E-state index in [4.69, 9.17) is 0 Å². The summed E-state index contributed by atoms with van der Waals surface area (Å²) in [6.45, 7) is 9.08. The van der Waals surface area contributed by atoms with Crippen LogP contribution in [0.5, 0.6) is 0 Å². The number of fused-ring (bicyclic) bond motifs is 1. The minimum Gasteiger partial charge on any atom is -0.110 e. The van der Waals surface area contributed by atoms with Crippen LogP contribution in [-0.2, 0) is 0 Å². The van der Waals surface area contributed by atoms with Gasteiger partial charge >= 0.3 is 0 Å². The third-order valence-corrected chi connectivity index (χ3v) is 3.28. The molecule has 1 aliphatic heterocycles. The third kappa shape index (κ3) is 1.88. The molecular weight excluding hydrogens is 179 g/mol. The Morgan fingerprint density at radius 2 is 1.73 bits per heavy atom. The lowest BCUT2D eigenvalue weighted by Crippen LogP contribution is -2.12. The molecule has 0 amide bonds. The standard InChI is InChI=1S/C14H19B/c1-9(2)11-5-6-14-12(7-11)13(8-15-14)10(3)4/h5-10,15H,1-4H3. The highest BCUT2D eigenvalue weighted by atomic mass is 14.2. The lowest BCUT2D eigenvalue weighted by molar-refractivity contribution is 0.850. The van der Waals surface area contributed by atoms with Crippen LogP contribution in [0.4, 0.5) is 0 Å². The molecular formula is C14H19B. The van der Waals surface area contributed by atoms with E-state index in [1.807, 2.05) is 0 Å². The largest absolute Gasteiger partial charge is 0.184 e. The van der Waals surface area contributed by atoms with Gasteiger partial charge in [-0.05, 0) is 23.0 Å². The normalized spacial score (nSPS) is 14.1. The predicted octanol–water partition coefficient (Wildman–Crippen LogP) is 2.88. The van der Waals surface area contributed by atoms with Gasteiger partial charge in [0.15, 0.2) is 7.28 Å². The van der Waals surface area contributed by atoms with E-state index in [2.05, 4.69) is 51.9 Å². The second kappa shape index (κ2) is 3.88. The summed E-state index contributed by atoms with van der Waals surface area (Å²) in [4.78, 5) is 0. The molecule has 78 valence electrons. The SMILES string of the molecule is CC(C)C1=CBc2ccc(C(C)C)cc21. The zero-order valence-electron chi connectivity index (χ0n) is 10.2. The van der Waals surface area contributed by atoms with Crippen molar-refractivity contribution in [2.75, 3.05) is 0 Å². The van der Waals surface area contributed by atoms with Crippen molar-refractivity contribution in [2.24, 2.45) is 5.92 Å². The van der Waals surface area contributed by atoms with E-state index in [9.17, 15) is 0 Å². The van der Waals surface area contributed by atoms with E-state index in [1.165, 1.54) is 22.2 Å². The molecule has 0 unspecified atom stereocenters. The second-order valence-corrected chi connectivity index (χ2v) is 5.09. The molecule has 0 saturated carbocycles. The first-order valence-electron chi connectivity index (χ1n) is 5.93. The molecule has 0 fully saturated rings. The molecule has 0 saturated heterocycles. The van der Waals surface area contributed by atoms with Gasteiger partial charge in [0.25, 0.3) is 0 Å². The number of hydrogen-bond donors (Lipinski definition) is 0. The molecule has 0 atom stereocenters. The van der Waals surface area contributed by atoms with Gasteiger partial charge in [0.05, 0.1) is 0 Å². The fraction of sp³-hybridized carbons (Fsp3) is 0.429. The molecule has 0 aliphatic carbocycles. The van der Waals surface area contributed by atoms with Gasteiger partial charge in [0.2, 0.25) is 0 Å². The number of hydrogen-bond acceptors (Lipinski definition) is 0. The van der Waals surface area contributed by atoms with Crippen molar-refractivity contribution in [2.45, 2.75) is 33.6 Å². The molecule has 0 aromatic heterocycles. The first-order valence-corrected chi connectivity index (χ1v) is 5.93. The highest BCUT2D eigenvalue weighted by molar-refractivity contribution is 6.63. The molecule has 2 rings (SSSR count). The van der Waals surface area contributed by atoms with E-state index in [0.717, 1.165) is 7.28 Å². The summed E-state index contributed by atoms with van der Waals surface area (Å²) < 4.78 is 0. The van der Waals surface area contributed by atoms with Gasteiger partial charge in [-0.2, -0.15) is 0 Å². The topological polar surface area (TPSA) is 0 Å². The molecule has 1 heterocycles. The Morgan fingerprint density at radius 1 is 1.00 bits per heavy atom. The summed E-state index contributed by atoms with van der Waals surface area (Å²) in [5.41, 5.74) is 5.99. The van der Waals surface area contributed by atoms with Crippen LogP contribution < -0.4 is 5.46 Å². The van der Waals surface area contributed by atoms with E-state index in [0.29, 0.717) is 11.8 Å². The molecule has 15 heavy (non-hydrogen) atoms. The van der Waals surface area contributed by atoms with Gasteiger partial charge in [-0.15, -0.1) is 5.98 Å². The van der Waals surface area contributed by atoms with Gasteiger partial charge in [-0.1, -0.05) is 56.9 Å². The zero-order chi connectivity index (χ0) is 11.0. The molecule has 0 nitrogen and oxygen atoms in total. The average Bonchev–Trinajstić information content (AvgIpc) is 2.59. The number of allylic oxidation sites excluding steroid dienone is 1. The molecule has 1 aromatic carbocycles. The van der Waals surface area contributed by atoms with Crippen molar-refractivity contribution >= 4 is 18.3 Å². The molecule has 1 heteroatoms. The fourth-order valence-corrected chi connectivity index (χ4v) is 2.28. The van der Waals surface area contributed by atoms with Crippen molar-refractivity contribution < 1.29 is 0 Å². The Hall–Kier alpha value is -0.975. The van der Waals surface area contributed by atoms with Crippen LogP contribution >= 0.6 is 0 Å². The molecule has 1 aliphatic rings. The van der Waals surface area contributed by atoms with Crippen LogP contribution in [0.2, 0.25) is 0 Å². The van der Waals surface area contributed by atoms with E-state index >= 15 is 0 Å². The van der Waals surface area contributed by atoms with Gasteiger partial charge in [-0.25, -0.2) is 0 Å². The minimum absolute atomic E-state index is 0.629. The van der Waals surface area contributed by atoms with Crippen LogP contribution in [-0.4, -0.2) is 7.28 Å². The Kier molecular flexibility index (Phi) is 2.73. The first kappa shape index (κ1) is 10.5. The van der Waals surface area contributed by atoms with Crippen molar-refractivity contribution in [1.82, 2.24) is 0 Å². The van der Waals surface area contributed by atoms with Crippen LogP contribution in [0, 0.1) is 5.92 Å². The Morgan fingerprint density at radius 3 is 2.33 bits per heavy atom. The van der Waals surface area contributed by atoms with Gasteiger partial charge in [0.1, 0.15) is 0 Å². The summed E-state index contributed by atoms with van der Waals surface area (Å²) in [7, 11) is 1.13. The van der Waals surface area contributed by atoms with Gasteiger partial charge in [-0.3, -0.25) is 0 Å². The fourth-order valence-electron chi connectivity index (χ4n) is 2.28. The molecule has 0 bridgehead atoms. The van der Waals surface area contributed by atoms with Crippen molar-refractivity contribution in [3.63, 3.8) is 0 Å². The summed E-state index contributed by atoms with van der Waals surface area (Å²) in [5, 5.41) is 0. The van der Waals surface area contributed by atoms with Gasteiger partial charge in [0, 0.05) is 0 Å². The zero-order valence-corrected chi connectivity index (χ0v) is 10.2. The van der Waals surface area contributed by atoms with Crippen LogP contribution in [0.1, 0.15) is 44.7 Å². The lowest BCUT2D eigenvalue weighted by Gasteiger charge is -2.13. The monoisotopic (exact) mass is 198 g/mol. The number of rotatable bonds is 2. The number of benzene rings is 1. The quantitative estimate of drug-likeness (QED) is 0.641. The average molecular weight is 198 g/mol. The minimum atomic E-state index is 0.629. The first-order chi connectivity index (χ1) is 7.09. The second-order valence-electron chi connectivity index (χ2n) is 5.09. The van der Waals surface area contributed by atoms with Crippen molar-refractivity contribution in [3.05, 3.63) is 35.3 Å². The van der Waals surface area contributed by atoms with Crippen LogP contribution in [0.25, 0.3) is 5.57 Å². The molecule has 1 aromatic rings. The van der Waals surface area contributed by atoms with Crippen LogP contribution in [0.15, 0.2) is 24.2 Å². The predicted molar refractivity (Wildman–Crippen MR) is 70.1 cm³/mol. The van der Waals surface area contributed by atoms with E-state index < -0.39 is 0 Å². The maximum atomic E-state index is 2.39.